The van der Waals surface area contributed by atoms with Crippen molar-refractivity contribution in [1.82, 2.24) is 10.2 Å². The minimum atomic E-state index is -0.210. The highest BCUT2D eigenvalue weighted by atomic mass is 16.5. The number of fused-ring (bicyclic) bond motifs is 1. The number of ether oxygens (including phenoxy) is 1. The maximum Gasteiger partial charge on any atom is 0.262 e. The number of hydrogen-bond donors (Lipinski definition) is 2. The van der Waals surface area contributed by atoms with Gasteiger partial charge >= 0.3 is 0 Å². The smallest absolute Gasteiger partial charge is 0.262 e. The van der Waals surface area contributed by atoms with E-state index in [-0.39, 0.29) is 24.3 Å². The first-order valence-corrected chi connectivity index (χ1v) is 6.76. The molecule has 1 aromatic rings. The second kappa shape index (κ2) is 5.43. The molecule has 21 heavy (non-hydrogen) atoms. The molecule has 7 nitrogen and oxygen atoms in total. The van der Waals surface area contributed by atoms with Crippen molar-refractivity contribution in [3.8, 4) is 5.75 Å². The summed E-state index contributed by atoms with van der Waals surface area (Å²) in [5, 5.41) is 5.41. The van der Waals surface area contributed by atoms with E-state index in [1.807, 2.05) is 0 Å². The Labute approximate surface area is 121 Å². The van der Waals surface area contributed by atoms with E-state index in [0.29, 0.717) is 43.1 Å². The fourth-order valence-corrected chi connectivity index (χ4v) is 2.36. The zero-order valence-corrected chi connectivity index (χ0v) is 11.3. The first-order chi connectivity index (χ1) is 10.1. The summed E-state index contributed by atoms with van der Waals surface area (Å²) in [5.41, 5.74) is 1.05. The van der Waals surface area contributed by atoms with Crippen LogP contribution in [-0.2, 0) is 9.59 Å². The van der Waals surface area contributed by atoms with E-state index in [0.717, 1.165) is 0 Å². The Bertz CT molecular complexity index is 614. The van der Waals surface area contributed by atoms with E-state index in [1.54, 1.807) is 23.1 Å². The molecule has 1 aromatic carbocycles. The van der Waals surface area contributed by atoms with Crippen LogP contribution in [0.4, 0.5) is 5.69 Å². The van der Waals surface area contributed by atoms with E-state index in [4.69, 9.17) is 4.74 Å². The minimum Gasteiger partial charge on any atom is -0.482 e. The molecular formula is C14H15N3O4. The molecule has 3 amide bonds. The van der Waals surface area contributed by atoms with Gasteiger partial charge < -0.3 is 20.3 Å². The largest absolute Gasteiger partial charge is 0.482 e. The highest BCUT2D eigenvalue weighted by molar-refractivity contribution is 5.99. The van der Waals surface area contributed by atoms with Gasteiger partial charge in [-0.15, -0.1) is 0 Å². The Kier molecular flexibility index (Phi) is 3.47. The van der Waals surface area contributed by atoms with Crippen molar-refractivity contribution in [1.29, 1.82) is 0 Å². The van der Waals surface area contributed by atoms with Crippen molar-refractivity contribution in [2.75, 3.05) is 31.6 Å². The molecule has 0 saturated carbocycles. The molecule has 2 N–H and O–H groups in total. The number of amides is 3. The zero-order valence-electron chi connectivity index (χ0n) is 11.3. The van der Waals surface area contributed by atoms with Gasteiger partial charge in [0, 0.05) is 31.6 Å². The summed E-state index contributed by atoms with van der Waals surface area (Å²) in [6.45, 7) is 1.30. The van der Waals surface area contributed by atoms with Crippen molar-refractivity contribution < 1.29 is 19.1 Å². The van der Waals surface area contributed by atoms with Crippen molar-refractivity contribution in [2.24, 2.45) is 0 Å². The van der Waals surface area contributed by atoms with E-state index in [9.17, 15) is 14.4 Å². The SMILES string of the molecule is O=C1CCN(C(=O)c2ccc3c(c2)OCC(=O)N3)CCN1. The molecule has 2 aliphatic heterocycles. The molecular weight excluding hydrogens is 274 g/mol. The number of anilines is 1. The Morgan fingerprint density at radius 3 is 2.90 bits per heavy atom. The Morgan fingerprint density at radius 2 is 2.05 bits per heavy atom. The van der Waals surface area contributed by atoms with E-state index in [2.05, 4.69) is 10.6 Å². The Balaban J connectivity index is 1.78. The summed E-state index contributed by atoms with van der Waals surface area (Å²) in [6, 6.07) is 4.92. The fraction of sp³-hybridized carbons (Fsp3) is 0.357. The molecule has 2 aliphatic rings. The lowest BCUT2D eigenvalue weighted by molar-refractivity contribution is -0.120. The second-order valence-electron chi connectivity index (χ2n) is 4.94. The van der Waals surface area contributed by atoms with E-state index < -0.39 is 0 Å². The molecule has 0 aromatic heterocycles. The van der Waals surface area contributed by atoms with Crippen LogP contribution in [0.2, 0.25) is 0 Å². The zero-order chi connectivity index (χ0) is 14.8. The van der Waals surface area contributed by atoms with Crippen LogP contribution in [0.15, 0.2) is 18.2 Å². The maximum absolute atomic E-state index is 12.5. The van der Waals surface area contributed by atoms with Gasteiger partial charge in [0.15, 0.2) is 6.61 Å². The summed E-state index contributed by atoms with van der Waals surface area (Å²) in [6.07, 6.45) is 0.309. The van der Waals surface area contributed by atoms with Gasteiger partial charge in [0.1, 0.15) is 5.75 Å². The van der Waals surface area contributed by atoms with Crippen molar-refractivity contribution in [2.45, 2.75) is 6.42 Å². The molecule has 0 radical (unpaired) electrons. The van der Waals surface area contributed by atoms with Crippen LogP contribution in [0.5, 0.6) is 5.75 Å². The van der Waals surface area contributed by atoms with Crippen molar-refractivity contribution >= 4 is 23.4 Å². The highest BCUT2D eigenvalue weighted by Gasteiger charge is 2.22. The molecule has 0 unspecified atom stereocenters. The van der Waals surface area contributed by atoms with Crippen LogP contribution >= 0.6 is 0 Å². The second-order valence-corrected chi connectivity index (χ2v) is 4.94. The number of nitrogens with zero attached hydrogens (tertiary/aromatic N) is 1. The van der Waals surface area contributed by atoms with Crippen LogP contribution in [0.25, 0.3) is 0 Å². The molecule has 110 valence electrons. The highest BCUT2D eigenvalue weighted by Crippen LogP contribution is 2.29. The van der Waals surface area contributed by atoms with Crippen molar-refractivity contribution in [3.63, 3.8) is 0 Å². The van der Waals surface area contributed by atoms with Crippen LogP contribution in [0.1, 0.15) is 16.8 Å². The first-order valence-electron chi connectivity index (χ1n) is 6.76. The number of carbonyl (C=O) groups excluding carboxylic acids is 3. The quantitative estimate of drug-likeness (QED) is 0.760. The van der Waals surface area contributed by atoms with Crippen molar-refractivity contribution in [3.05, 3.63) is 23.8 Å². The predicted molar refractivity (Wildman–Crippen MR) is 74.1 cm³/mol. The summed E-state index contributed by atoms with van der Waals surface area (Å²) in [5.74, 6) is 0.0970. The molecule has 2 heterocycles. The van der Waals surface area contributed by atoms with Crippen LogP contribution < -0.4 is 15.4 Å². The normalized spacial score (nSPS) is 18.0. The third kappa shape index (κ3) is 2.81. The topological polar surface area (TPSA) is 87.7 Å². The summed E-state index contributed by atoms with van der Waals surface area (Å²) in [7, 11) is 0. The molecule has 0 aliphatic carbocycles. The molecule has 3 rings (SSSR count). The summed E-state index contributed by atoms with van der Waals surface area (Å²) in [4.78, 5) is 36.6. The number of carbonyl (C=O) groups is 3. The lowest BCUT2D eigenvalue weighted by Gasteiger charge is -2.22. The molecule has 1 saturated heterocycles. The summed E-state index contributed by atoms with van der Waals surface area (Å²) < 4.78 is 5.31. The van der Waals surface area contributed by atoms with Gasteiger partial charge in [0.25, 0.3) is 11.8 Å². The third-order valence-corrected chi connectivity index (χ3v) is 3.46. The number of hydrogen-bond acceptors (Lipinski definition) is 4. The molecule has 0 bridgehead atoms. The van der Waals surface area contributed by atoms with Gasteiger partial charge in [0.05, 0.1) is 5.69 Å². The lowest BCUT2D eigenvalue weighted by Crippen LogP contribution is -2.34. The van der Waals surface area contributed by atoms with E-state index >= 15 is 0 Å². The van der Waals surface area contributed by atoms with Gasteiger partial charge in [0.2, 0.25) is 5.91 Å². The number of rotatable bonds is 1. The molecule has 0 spiro atoms. The lowest BCUT2D eigenvalue weighted by atomic mass is 10.1. The number of benzene rings is 1. The molecule has 1 fully saturated rings. The number of nitrogens with one attached hydrogen (secondary N) is 2. The van der Waals surface area contributed by atoms with Crippen LogP contribution in [0.3, 0.4) is 0 Å². The predicted octanol–water partition coefficient (Wildman–Crippen LogP) is -0.0204. The minimum absolute atomic E-state index is 0.0400. The fourth-order valence-electron chi connectivity index (χ4n) is 2.36. The van der Waals surface area contributed by atoms with Crippen LogP contribution in [-0.4, -0.2) is 48.9 Å². The first kappa shape index (κ1) is 13.4. The van der Waals surface area contributed by atoms with Gasteiger partial charge in [-0.3, -0.25) is 14.4 Å². The standard InChI is InChI=1S/C14H15N3O4/c18-12-3-5-17(6-4-15-12)14(20)9-1-2-10-11(7-9)21-8-13(19)16-10/h1-2,7H,3-6,8H2,(H,15,18)(H,16,19). The maximum atomic E-state index is 12.5. The van der Waals surface area contributed by atoms with Gasteiger partial charge in [-0.25, -0.2) is 0 Å². The van der Waals surface area contributed by atoms with E-state index in [1.165, 1.54) is 0 Å². The monoisotopic (exact) mass is 289 g/mol. The van der Waals surface area contributed by atoms with Crippen LogP contribution in [0, 0.1) is 0 Å². The van der Waals surface area contributed by atoms with Gasteiger partial charge in [-0.1, -0.05) is 0 Å². The van der Waals surface area contributed by atoms with Gasteiger partial charge in [-0.2, -0.15) is 0 Å². The molecule has 0 atom stereocenters. The average molecular weight is 289 g/mol. The average Bonchev–Trinajstić information content (AvgIpc) is 2.70. The van der Waals surface area contributed by atoms with Gasteiger partial charge in [-0.05, 0) is 18.2 Å². The Morgan fingerprint density at radius 1 is 1.19 bits per heavy atom. The molecule has 7 heteroatoms. The summed E-state index contributed by atoms with van der Waals surface area (Å²) >= 11 is 0. The Hall–Kier alpha value is -2.57. The third-order valence-electron chi connectivity index (χ3n) is 3.46.